The molecule has 0 bridgehead atoms. The van der Waals surface area contributed by atoms with Crippen LogP contribution in [0, 0.1) is 0 Å². The highest BCUT2D eigenvalue weighted by Crippen LogP contribution is 2.23. The molecule has 2 N–H and O–H groups in total. The number of nitrogens with one attached hydrogen (secondary N) is 2. The minimum absolute atomic E-state index is 0.0273. The lowest BCUT2D eigenvalue weighted by Gasteiger charge is -2.12. The Bertz CT molecular complexity index is 505. The van der Waals surface area contributed by atoms with Crippen LogP contribution in [-0.4, -0.2) is 5.91 Å². The molecule has 5 heteroatoms. The van der Waals surface area contributed by atoms with E-state index in [1.165, 1.54) is 12.5 Å². The monoisotopic (exact) mass is 280 g/mol. The molecule has 1 atom stereocenters. The van der Waals surface area contributed by atoms with Crippen molar-refractivity contribution in [2.45, 2.75) is 26.4 Å². The van der Waals surface area contributed by atoms with Gasteiger partial charge in [0, 0.05) is 24.4 Å². The molecule has 0 saturated heterocycles. The quantitative estimate of drug-likeness (QED) is 0.878. The zero-order valence-corrected chi connectivity index (χ0v) is 12.0. The average Bonchev–Trinajstić information content (AvgIpc) is 2.95. The largest absolute Gasteiger partial charge is 0.325 e. The van der Waals surface area contributed by atoms with E-state index in [-0.39, 0.29) is 5.91 Å². The first-order valence-electron chi connectivity index (χ1n) is 5.76. The summed E-state index contributed by atoms with van der Waals surface area (Å²) in [5.41, 5.74) is 2.22. The molecule has 0 spiro atoms. The zero-order valence-electron chi connectivity index (χ0n) is 10.4. The van der Waals surface area contributed by atoms with Crippen LogP contribution in [-0.2, 0) is 11.3 Å². The van der Waals surface area contributed by atoms with Gasteiger partial charge in [-0.3, -0.25) is 4.79 Å². The predicted octanol–water partition coefficient (Wildman–Crippen LogP) is 3.62. The van der Waals surface area contributed by atoms with Crippen LogP contribution in [0.1, 0.15) is 30.3 Å². The Labute approximate surface area is 115 Å². The Kier molecular flexibility index (Phi) is 4.52. The molecule has 0 aliphatic heterocycles. The number of anilines is 1. The SMILES string of the molecule is CC(=O)Nc1ccsc1CNC(C)c1ccsc1. The van der Waals surface area contributed by atoms with Crippen LogP contribution in [0.4, 0.5) is 5.69 Å². The Morgan fingerprint density at radius 1 is 1.39 bits per heavy atom. The fourth-order valence-corrected chi connectivity index (χ4v) is 3.20. The summed E-state index contributed by atoms with van der Waals surface area (Å²) in [7, 11) is 0. The van der Waals surface area contributed by atoms with E-state index >= 15 is 0 Å². The second-order valence-electron chi connectivity index (χ2n) is 4.10. The van der Waals surface area contributed by atoms with Gasteiger partial charge >= 0.3 is 0 Å². The van der Waals surface area contributed by atoms with Gasteiger partial charge in [0.2, 0.25) is 5.91 Å². The lowest BCUT2D eigenvalue weighted by atomic mass is 10.2. The van der Waals surface area contributed by atoms with Crippen molar-refractivity contribution in [2.75, 3.05) is 5.32 Å². The van der Waals surface area contributed by atoms with Gasteiger partial charge in [0.25, 0.3) is 0 Å². The second-order valence-corrected chi connectivity index (χ2v) is 5.88. The van der Waals surface area contributed by atoms with Crippen LogP contribution in [0.25, 0.3) is 0 Å². The lowest BCUT2D eigenvalue weighted by Crippen LogP contribution is -2.18. The van der Waals surface area contributed by atoms with E-state index in [9.17, 15) is 4.79 Å². The third-order valence-electron chi connectivity index (χ3n) is 2.67. The summed E-state index contributed by atoms with van der Waals surface area (Å²) >= 11 is 3.36. The molecule has 0 saturated carbocycles. The van der Waals surface area contributed by atoms with Gasteiger partial charge in [0.15, 0.2) is 0 Å². The van der Waals surface area contributed by atoms with Gasteiger partial charge in [-0.1, -0.05) is 0 Å². The van der Waals surface area contributed by atoms with Gasteiger partial charge in [-0.2, -0.15) is 11.3 Å². The summed E-state index contributed by atoms with van der Waals surface area (Å²) in [5, 5.41) is 12.5. The van der Waals surface area contributed by atoms with Crippen molar-refractivity contribution in [3.8, 4) is 0 Å². The van der Waals surface area contributed by atoms with E-state index < -0.39 is 0 Å². The molecule has 18 heavy (non-hydrogen) atoms. The van der Waals surface area contributed by atoms with Crippen molar-refractivity contribution in [3.05, 3.63) is 38.7 Å². The molecule has 1 unspecified atom stereocenters. The summed E-state index contributed by atoms with van der Waals surface area (Å²) in [4.78, 5) is 12.2. The second kappa shape index (κ2) is 6.13. The maximum Gasteiger partial charge on any atom is 0.221 e. The molecule has 2 aromatic heterocycles. The minimum Gasteiger partial charge on any atom is -0.325 e. The summed E-state index contributed by atoms with van der Waals surface area (Å²) in [6, 6.07) is 4.40. The van der Waals surface area contributed by atoms with Gasteiger partial charge in [0.1, 0.15) is 0 Å². The summed E-state index contributed by atoms with van der Waals surface area (Å²) in [5.74, 6) is -0.0273. The topological polar surface area (TPSA) is 41.1 Å². The number of rotatable bonds is 5. The Morgan fingerprint density at radius 2 is 2.22 bits per heavy atom. The van der Waals surface area contributed by atoms with Gasteiger partial charge in [0.05, 0.1) is 5.69 Å². The number of hydrogen-bond acceptors (Lipinski definition) is 4. The Hall–Kier alpha value is -1.17. The highest BCUT2D eigenvalue weighted by atomic mass is 32.1. The highest BCUT2D eigenvalue weighted by Gasteiger charge is 2.09. The first kappa shape index (κ1) is 13.3. The van der Waals surface area contributed by atoms with Gasteiger partial charge in [-0.05, 0) is 40.8 Å². The fraction of sp³-hybridized carbons (Fsp3) is 0.308. The van der Waals surface area contributed by atoms with E-state index in [1.54, 1.807) is 22.7 Å². The zero-order chi connectivity index (χ0) is 13.0. The lowest BCUT2D eigenvalue weighted by molar-refractivity contribution is -0.114. The van der Waals surface area contributed by atoms with Crippen molar-refractivity contribution in [1.29, 1.82) is 0 Å². The maximum absolute atomic E-state index is 11.1. The first-order valence-corrected chi connectivity index (χ1v) is 7.58. The molecule has 3 nitrogen and oxygen atoms in total. The summed E-state index contributed by atoms with van der Waals surface area (Å²) in [6.45, 7) is 4.45. The Morgan fingerprint density at radius 3 is 2.89 bits per heavy atom. The molecular weight excluding hydrogens is 264 g/mol. The summed E-state index contributed by atoms with van der Waals surface area (Å²) < 4.78 is 0. The van der Waals surface area contributed by atoms with Crippen molar-refractivity contribution < 1.29 is 4.79 Å². The third-order valence-corrected chi connectivity index (χ3v) is 4.29. The summed E-state index contributed by atoms with van der Waals surface area (Å²) in [6.07, 6.45) is 0. The van der Waals surface area contributed by atoms with Crippen LogP contribution in [0.3, 0.4) is 0 Å². The normalized spacial score (nSPS) is 12.3. The fourth-order valence-electron chi connectivity index (χ4n) is 1.66. The maximum atomic E-state index is 11.1. The van der Waals surface area contributed by atoms with E-state index in [4.69, 9.17) is 0 Å². The minimum atomic E-state index is -0.0273. The van der Waals surface area contributed by atoms with E-state index in [0.717, 1.165) is 17.1 Å². The van der Waals surface area contributed by atoms with E-state index in [1.807, 2.05) is 11.4 Å². The molecule has 0 aromatic carbocycles. The molecular formula is C13H16N2OS2. The van der Waals surface area contributed by atoms with Crippen molar-refractivity contribution >= 4 is 34.3 Å². The molecule has 0 fully saturated rings. The van der Waals surface area contributed by atoms with E-state index in [0.29, 0.717) is 6.04 Å². The predicted molar refractivity (Wildman–Crippen MR) is 78.2 cm³/mol. The number of carbonyl (C=O) groups excluding carboxylic acids is 1. The van der Waals surface area contributed by atoms with Gasteiger partial charge in [-0.25, -0.2) is 0 Å². The van der Waals surface area contributed by atoms with Crippen LogP contribution < -0.4 is 10.6 Å². The number of carbonyl (C=O) groups is 1. The molecule has 0 radical (unpaired) electrons. The van der Waals surface area contributed by atoms with Crippen molar-refractivity contribution in [1.82, 2.24) is 5.32 Å². The van der Waals surface area contributed by atoms with Crippen LogP contribution >= 0.6 is 22.7 Å². The number of amides is 1. The van der Waals surface area contributed by atoms with Crippen LogP contribution in [0.2, 0.25) is 0 Å². The number of hydrogen-bond donors (Lipinski definition) is 2. The average molecular weight is 280 g/mol. The van der Waals surface area contributed by atoms with Crippen LogP contribution in [0.15, 0.2) is 28.3 Å². The standard InChI is InChI=1S/C13H16N2OS2/c1-9(11-3-5-17-8-11)14-7-13-12(4-6-18-13)15-10(2)16/h3-6,8-9,14H,7H2,1-2H3,(H,15,16). The van der Waals surface area contributed by atoms with Gasteiger partial charge < -0.3 is 10.6 Å². The third kappa shape index (κ3) is 3.41. The van der Waals surface area contributed by atoms with Crippen molar-refractivity contribution in [2.24, 2.45) is 0 Å². The van der Waals surface area contributed by atoms with E-state index in [2.05, 4.69) is 34.4 Å². The number of thiophene rings is 2. The molecule has 0 aliphatic carbocycles. The molecule has 2 aromatic rings. The molecule has 96 valence electrons. The first-order chi connectivity index (χ1) is 8.66. The molecule has 2 rings (SSSR count). The molecule has 2 heterocycles. The highest BCUT2D eigenvalue weighted by molar-refractivity contribution is 7.10. The molecule has 1 amide bonds. The Balaban J connectivity index is 1.94. The van der Waals surface area contributed by atoms with Gasteiger partial charge in [-0.15, -0.1) is 11.3 Å². The van der Waals surface area contributed by atoms with Crippen molar-refractivity contribution in [3.63, 3.8) is 0 Å². The smallest absolute Gasteiger partial charge is 0.221 e. The van der Waals surface area contributed by atoms with Crippen LogP contribution in [0.5, 0.6) is 0 Å². The molecule has 0 aliphatic rings.